The van der Waals surface area contributed by atoms with Gasteiger partial charge in [-0.15, -0.1) is 0 Å². The highest BCUT2D eigenvalue weighted by atomic mass is 16.5. The molecule has 3 atom stereocenters. The summed E-state index contributed by atoms with van der Waals surface area (Å²) in [4.78, 5) is 71.5. The van der Waals surface area contributed by atoms with E-state index in [9.17, 15) is 33.9 Å². The van der Waals surface area contributed by atoms with E-state index in [1.165, 1.54) is 0 Å². The number of carboxylic acids is 1. The predicted molar refractivity (Wildman–Crippen MR) is 168 cm³/mol. The zero-order valence-corrected chi connectivity index (χ0v) is 26.1. The maximum absolute atomic E-state index is 13.3. The number of ether oxygens (including phenoxy) is 2. The second kappa shape index (κ2) is 19.0. The van der Waals surface area contributed by atoms with E-state index in [0.29, 0.717) is 25.2 Å². The van der Waals surface area contributed by atoms with Crippen LogP contribution in [0.3, 0.4) is 0 Å². The van der Waals surface area contributed by atoms with Crippen molar-refractivity contribution in [2.75, 3.05) is 13.2 Å². The minimum Gasteiger partial charge on any atom is -0.480 e. The second-order valence-electron chi connectivity index (χ2n) is 11.7. The van der Waals surface area contributed by atoms with Crippen LogP contribution in [0, 0.1) is 11.8 Å². The number of aliphatic carboxylic acids is 1. The Bertz CT molecular complexity index is 1330. The molecule has 0 aromatic heterocycles. The summed E-state index contributed by atoms with van der Waals surface area (Å²) < 4.78 is 9.23. The molecule has 2 aromatic rings. The maximum atomic E-state index is 13.3. The summed E-state index contributed by atoms with van der Waals surface area (Å²) in [5, 5.41) is 22.2. The number of nitrogens with one attached hydrogen (secondary N) is 4. The van der Waals surface area contributed by atoms with Crippen molar-refractivity contribution in [3.63, 3.8) is 0 Å². The molecule has 46 heavy (non-hydrogen) atoms. The van der Waals surface area contributed by atoms with Crippen LogP contribution in [0.4, 0.5) is 4.79 Å². The van der Waals surface area contributed by atoms with Crippen LogP contribution in [-0.4, -0.2) is 73.3 Å². The lowest BCUT2D eigenvalue weighted by atomic mass is 9.82. The van der Waals surface area contributed by atoms with Crippen LogP contribution in [0.25, 0.3) is 10.8 Å². The van der Waals surface area contributed by atoms with Gasteiger partial charge < -0.3 is 35.8 Å². The van der Waals surface area contributed by atoms with Gasteiger partial charge in [0, 0.05) is 25.3 Å². The molecule has 2 aromatic carbocycles. The van der Waals surface area contributed by atoms with Gasteiger partial charge in [0.25, 0.3) is 12.9 Å². The van der Waals surface area contributed by atoms with Crippen LogP contribution in [-0.2, 0) is 39.9 Å². The highest BCUT2D eigenvalue weighted by Gasteiger charge is 2.29. The molecule has 5 N–H and O–H groups in total. The van der Waals surface area contributed by atoms with Gasteiger partial charge in [-0.2, -0.15) is 0 Å². The first-order valence-electron chi connectivity index (χ1n) is 15.7. The van der Waals surface area contributed by atoms with Gasteiger partial charge in [0.15, 0.2) is 6.23 Å². The molecule has 0 radical (unpaired) electrons. The lowest BCUT2D eigenvalue weighted by Gasteiger charge is -2.27. The average Bonchev–Trinajstić information content (AvgIpc) is 3.04. The smallest absolute Gasteiger partial charge is 0.326 e. The molecule has 0 saturated heterocycles. The molecule has 1 aliphatic carbocycles. The molecular weight excluding hydrogens is 596 g/mol. The molecule has 13 heteroatoms. The van der Waals surface area contributed by atoms with Crippen molar-refractivity contribution in [2.24, 2.45) is 11.8 Å². The fourth-order valence-corrected chi connectivity index (χ4v) is 5.50. The van der Waals surface area contributed by atoms with Crippen LogP contribution in [0.15, 0.2) is 42.5 Å². The number of unbranched alkanes of at least 4 members (excludes halogenated alkanes) is 1. The van der Waals surface area contributed by atoms with Gasteiger partial charge in [-0.3, -0.25) is 19.2 Å². The summed E-state index contributed by atoms with van der Waals surface area (Å²) >= 11 is 0. The van der Waals surface area contributed by atoms with Gasteiger partial charge in [-0.05, 0) is 67.2 Å². The Morgan fingerprint density at radius 3 is 2.33 bits per heavy atom. The molecule has 3 rings (SSSR count). The van der Waals surface area contributed by atoms with Gasteiger partial charge in [0.05, 0.1) is 6.61 Å². The van der Waals surface area contributed by atoms with Crippen molar-refractivity contribution in [3.05, 3.63) is 48.0 Å². The van der Waals surface area contributed by atoms with Gasteiger partial charge in [-0.1, -0.05) is 49.4 Å². The third-order valence-electron chi connectivity index (χ3n) is 8.17. The average molecular weight is 641 g/mol. The molecule has 4 amide bonds. The zero-order chi connectivity index (χ0) is 33.3. The highest BCUT2D eigenvalue weighted by molar-refractivity contribution is 5.89. The largest absolute Gasteiger partial charge is 0.480 e. The Morgan fingerprint density at radius 1 is 0.891 bits per heavy atom. The molecule has 0 unspecified atom stereocenters. The highest BCUT2D eigenvalue weighted by Crippen LogP contribution is 2.28. The molecule has 0 heterocycles. The summed E-state index contributed by atoms with van der Waals surface area (Å²) in [5.74, 6) is -1.22. The van der Waals surface area contributed by atoms with Crippen molar-refractivity contribution < 1.29 is 43.3 Å². The zero-order valence-electron chi connectivity index (χ0n) is 26.1. The second-order valence-corrected chi connectivity index (χ2v) is 11.7. The lowest BCUT2D eigenvalue weighted by Crippen LogP contribution is -2.50. The Morgan fingerprint density at radius 2 is 1.63 bits per heavy atom. The molecule has 13 nitrogen and oxygen atoms in total. The first-order chi connectivity index (χ1) is 22.2. The Hall–Kier alpha value is -4.68. The van der Waals surface area contributed by atoms with E-state index < -0.39 is 30.3 Å². The van der Waals surface area contributed by atoms with Crippen molar-refractivity contribution in [2.45, 2.75) is 83.0 Å². The van der Waals surface area contributed by atoms with Crippen LogP contribution in [0.5, 0.6) is 0 Å². The van der Waals surface area contributed by atoms with Gasteiger partial charge in [0.1, 0.15) is 12.1 Å². The monoisotopic (exact) mass is 640 g/mol. The molecule has 0 aliphatic heterocycles. The van der Waals surface area contributed by atoms with Crippen LogP contribution in [0.1, 0.15) is 63.9 Å². The topological polar surface area (TPSA) is 189 Å². The third-order valence-corrected chi connectivity index (χ3v) is 8.17. The minimum atomic E-state index is -1.26. The van der Waals surface area contributed by atoms with Crippen LogP contribution >= 0.6 is 0 Å². The third kappa shape index (κ3) is 12.0. The number of hydrogen-bond donors (Lipinski definition) is 5. The van der Waals surface area contributed by atoms with E-state index in [0.717, 1.165) is 42.0 Å². The minimum absolute atomic E-state index is 0.0233. The van der Waals surface area contributed by atoms with Crippen molar-refractivity contribution in [1.29, 1.82) is 0 Å². The fourth-order valence-electron chi connectivity index (χ4n) is 5.50. The van der Waals surface area contributed by atoms with E-state index in [2.05, 4.69) is 32.9 Å². The normalized spacial score (nSPS) is 17.8. The Balaban J connectivity index is 1.52. The summed E-state index contributed by atoms with van der Waals surface area (Å²) in [6.45, 7) is 2.63. The van der Waals surface area contributed by atoms with Crippen LogP contribution in [0.2, 0.25) is 0 Å². The number of amides is 4. The first-order valence-corrected chi connectivity index (χ1v) is 15.7. The molecule has 250 valence electrons. The van der Waals surface area contributed by atoms with E-state index in [1.54, 1.807) is 0 Å². The molecular formula is C33H44N4O9. The lowest BCUT2D eigenvalue weighted by molar-refractivity contribution is -0.140. The summed E-state index contributed by atoms with van der Waals surface area (Å²) in [6.07, 6.45) is 3.60. The van der Waals surface area contributed by atoms with Crippen molar-refractivity contribution in [1.82, 2.24) is 21.3 Å². The number of hydrogen-bond acceptors (Lipinski definition) is 8. The number of benzene rings is 2. The van der Waals surface area contributed by atoms with E-state index >= 15 is 0 Å². The molecule has 1 aliphatic rings. The van der Waals surface area contributed by atoms with E-state index in [1.807, 2.05) is 42.5 Å². The fraction of sp³-hybridized carbons (Fsp3) is 0.515. The predicted octanol–water partition coefficient (Wildman–Crippen LogP) is 2.79. The van der Waals surface area contributed by atoms with Gasteiger partial charge >= 0.3 is 12.0 Å². The number of carboxylic acid groups (broad SMARTS) is 1. The number of rotatable bonds is 19. The van der Waals surface area contributed by atoms with Crippen molar-refractivity contribution in [3.8, 4) is 0 Å². The molecule has 1 saturated carbocycles. The van der Waals surface area contributed by atoms with E-state index in [4.69, 9.17) is 4.74 Å². The Labute approximate surface area is 268 Å². The molecule has 1 fully saturated rings. The maximum Gasteiger partial charge on any atom is 0.326 e. The summed E-state index contributed by atoms with van der Waals surface area (Å²) in [7, 11) is 0. The number of carbonyl (C=O) groups excluding carboxylic acids is 5. The van der Waals surface area contributed by atoms with Gasteiger partial charge in [-0.25, -0.2) is 9.59 Å². The number of carbonyl (C=O) groups is 6. The Kier molecular flexibility index (Phi) is 14.8. The standard InChI is InChI=1S/C33H44N4O9/c1-22-9-12-25(13-10-22)30(40)35-28(19-23-11-14-24-6-2-3-7-26(24)18-23)31(41)34-16-5-4-8-27(32(42)43)36-33(44)37-29(46-21-39)15-17-45-20-38/h2-3,6-7,11,14,18,20-22,25,27-29H,4-5,8-10,12-13,15-17,19H2,1H3,(H,34,41)(H,35,40)(H,42,43)(H2,36,37,44)/t22?,25?,27-,28-,29+/m0/s1. The SMILES string of the molecule is CC1CCC(C(=O)N[C@@H](Cc2ccc3ccccc3c2)C(=O)NCCCC[C@H](NC(=O)N[C@@H](CCOC=O)OC=O)C(=O)O)CC1. The number of fused-ring (bicyclic) bond motifs is 1. The van der Waals surface area contributed by atoms with Crippen molar-refractivity contribution >= 4 is 47.5 Å². The molecule has 0 spiro atoms. The van der Waals surface area contributed by atoms with Gasteiger partial charge in [0.2, 0.25) is 11.8 Å². The summed E-state index contributed by atoms with van der Waals surface area (Å²) in [5.41, 5.74) is 0.919. The molecule has 0 bridgehead atoms. The number of urea groups is 1. The summed E-state index contributed by atoms with van der Waals surface area (Å²) in [6, 6.07) is 11.0. The van der Waals surface area contributed by atoms with Crippen LogP contribution < -0.4 is 21.3 Å². The first kappa shape index (κ1) is 35.8. The quantitative estimate of drug-likeness (QED) is 0.0874. The van der Waals surface area contributed by atoms with E-state index in [-0.39, 0.29) is 56.7 Å².